The molecule has 98 valence electrons. The first-order valence-electron chi connectivity index (χ1n) is 6.03. The first-order chi connectivity index (χ1) is 9.15. The average Bonchev–Trinajstić information content (AvgIpc) is 2.40. The Morgan fingerprint density at radius 2 is 1.68 bits per heavy atom. The van der Waals surface area contributed by atoms with Crippen LogP contribution >= 0.6 is 23.8 Å². The van der Waals surface area contributed by atoms with E-state index >= 15 is 0 Å². The summed E-state index contributed by atoms with van der Waals surface area (Å²) in [5.74, 6) is 0. The number of benzene rings is 2. The Balaban J connectivity index is 1.93. The van der Waals surface area contributed by atoms with Gasteiger partial charge in [-0.1, -0.05) is 41.9 Å². The zero-order chi connectivity index (χ0) is 13.7. The van der Waals surface area contributed by atoms with E-state index in [0.29, 0.717) is 5.11 Å². The molecule has 0 aliphatic rings. The molecule has 0 fully saturated rings. The number of nitrogens with one attached hydrogen (secondary N) is 2. The summed E-state index contributed by atoms with van der Waals surface area (Å²) in [6.45, 7) is 2.06. The van der Waals surface area contributed by atoms with Gasteiger partial charge in [-0.25, -0.2) is 0 Å². The van der Waals surface area contributed by atoms with Crippen molar-refractivity contribution in [1.82, 2.24) is 5.32 Å². The molecular formula is C15H15ClN2S. The highest BCUT2D eigenvalue weighted by Gasteiger charge is 2.06. The van der Waals surface area contributed by atoms with Gasteiger partial charge in [0, 0.05) is 10.7 Å². The van der Waals surface area contributed by atoms with Gasteiger partial charge in [0.2, 0.25) is 0 Å². The lowest BCUT2D eigenvalue weighted by Gasteiger charge is -2.17. The lowest BCUT2D eigenvalue weighted by atomic mass is 10.1. The Hall–Kier alpha value is -1.58. The Morgan fingerprint density at radius 3 is 2.32 bits per heavy atom. The van der Waals surface area contributed by atoms with Gasteiger partial charge >= 0.3 is 0 Å². The average molecular weight is 291 g/mol. The summed E-state index contributed by atoms with van der Waals surface area (Å²) in [6.07, 6.45) is 0. The highest BCUT2D eigenvalue weighted by molar-refractivity contribution is 7.80. The summed E-state index contributed by atoms with van der Waals surface area (Å²) in [7, 11) is 0. The van der Waals surface area contributed by atoms with Crippen LogP contribution in [0.4, 0.5) is 5.69 Å². The molecule has 0 aliphatic heterocycles. The topological polar surface area (TPSA) is 24.1 Å². The van der Waals surface area contributed by atoms with Crippen molar-refractivity contribution >= 4 is 34.6 Å². The van der Waals surface area contributed by atoms with E-state index in [1.165, 1.54) is 0 Å². The Kier molecular flexibility index (Phi) is 4.77. The fraction of sp³-hybridized carbons (Fsp3) is 0.133. The Labute approximate surface area is 123 Å². The zero-order valence-corrected chi connectivity index (χ0v) is 12.1. The number of anilines is 1. The van der Waals surface area contributed by atoms with Gasteiger partial charge < -0.3 is 10.6 Å². The maximum atomic E-state index is 5.87. The lowest BCUT2D eigenvalue weighted by molar-refractivity contribution is 0.723. The number of thiocarbonyl (C=S) groups is 1. The van der Waals surface area contributed by atoms with E-state index in [0.717, 1.165) is 16.3 Å². The van der Waals surface area contributed by atoms with Crippen LogP contribution in [-0.4, -0.2) is 5.11 Å². The molecule has 19 heavy (non-hydrogen) atoms. The van der Waals surface area contributed by atoms with E-state index in [4.69, 9.17) is 23.8 Å². The molecule has 0 heterocycles. The molecule has 2 aromatic carbocycles. The predicted octanol–water partition coefficient (Wildman–Crippen LogP) is 4.39. The van der Waals surface area contributed by atoms with Crippen molar-refractivity contribution in [3.05, 3.63) is 65.2 Å². The molecule has 4 heteroatoms. The van der Waals surface area contributed by atoms with Crippen LogP contribution in [0.5, 0.6) is 0 Å². The van der Waals surface area contributed by atoms with Crippen molar-refractivity contribution in [3.63, 3.8) is 0 Å². The quantitative estimate of drug-likeness (QED) is 0.820. The minimum atomic E-state index is 0.126. The van der Waals surface area contributed by atoms with Crippen LogP contribution < -0.4 is 10.6 Å². The van der Waals surface area contributed by atoms with E-state index in [1.54, 1.807) is 0 Å². The molecule has 2 N–H and O–H groups in total. The molecular weight excluding hydrogens is 276 g/mol. The normalized spacial score (nSPS) is 11.7. The van der Waals surface area contributed by atoms with E-state index in [1.807, 2.05) is 54.6 Å². The first kappa shape index (κ1) is 13.8. The molecule has 0 aromatic heterocycles. The van der Waals surface area contributed by atoms with Crippen LogP contribution in [0.3, 0.4) is 0 Å². The van der Waals surface area contributed by atoms with Crippen molar-refractivity contribution < 1.29 is 0 Å². The predicted molar refractivity (Wildman–Crippen MR) is 85.7 cm³/mol. The first-order valence-corrected chi connectivity index (χ1v) is 6.82. The molecule has 0 aliphatic carbocycles. The molecule has 0 amide bonds. The molecule has 0 bridgehead atoms. The van der Waals surface area contributed by atoms with Crippen LogP contribution in [0.25, 0.3) is 0 Å². The number of hydrogen-bond donors (Lipinski definition) is 2. The monoisotopic (exact) mass is 290 g/mol. The largest absolute Gasteiger partial charge is 0.356 e. The molecule has 2 nitrogen and oxygen atoms in total. The van der Waals surface area contributed by atoms with E-state index in [9.17, 15) is 0 Å². The van der Waals surface area contributed by atoms with Crippen LogP contribution in [0.1, 0.15) is 18.5 Å². The molecule has 2 rings (SSSR count). The van der Waals surface area contributed by atoms with Crippen LogP contribution in [0.2, 0.25) is 5.02 Å². The highest BCUT2D eigenvalue weighted by Crippen LogP contribution is 2.16. The molecule has 0 radical (unpaired) electrons. The third-order valence-electron chi connectivity index (χ3n) is 2.75. The molecule has 0 spiro atoms. The van der Waals surface area contributed by atoms with Crippen molar-refractivity contribution in [2.24, 2.45) is 0 Å². The summed E-state index contributed by atoms with van der Waals surface area (Å²) >= 11 is 11.2. The number of rotatable bonds is 3. The fourth-order valence-corrected chi connectivity index (χ4v) is 2.14. The summed E-state index contributed by atoms with van der Waals surface area (Å²) in [6, 6.07) is 17.7. The standard InChI is InChI=1S/C15H15ClN2S/c1-11(12-7-9-13(16)10-8-12)17-15(19)18-14-5-3-2-4-6-14/h2-11H,1H3,(H2,17,18,19)/t11-/m1/s1. The summed E-state index contributed by atoms with van der Waals surface area (Å²) < 4.78 is 0. The second-order valence-corrected chi connectivity index (χ2v) is 5.08. The zero-order valence-electron chi connectivity index (χ0n) is 10.6. The van der Waals surface area contributed by atoms with Gasteiger partial charge in [-0.05, 0) is 49.0 Å². The molecule has 0 saturated carbocycles. The third kappa shape index (κ3) is 4.23. The van der Waals surface area contributed by atoms with Crippen molar-refractivity contribution in [1.29, 1.82) is 0 Å². The van der Waals surface area contributed by atoms with Crippen molar-refractivity contribution in [3.8, 4) is 0 Å². The number of halogens is 1. The van der Waals surface area contributed by atoms with Gasteiger partial charge in [-0.3, -0.25) is 0 Å². The minimum Gasteiger partial charge on any atom is -0.356 e. The molecule has 0 unspecified atom stereocenters. The maximum absolute atomic E-state index is 5.87. The van der Waals surface area contributed by atoms with E-state index < -0.39 is 0 Å². The second-order valence-electron chi connectivity index (χ2n) is 4.24. The third-order valence-corrected chi connectivity index (χ3v) is 3.22. The highest BCUT2D eigenvalue weighted by atomic mass is 35.5. The second kappa shape index (κ2) is 6.55. The van der Waals surface area contributed by atoms with Crippen LogP contribution in [0, 0.1) is 0 Å². The van der Waals surface area contributed by atoms with Gasteiger partial charge in [-0.2, -0.15) is 0 Å². The summed E-state index contributed by atoms with van der Waals surface area (Å²) in [4.78, 5) is 0. The summed E-state index contributed by atoms with van der Waals surface area (Å²) in [5.41, 5.74) is 2.12. The fourth-order valence-electron chi connectivity index (χ4n) is 1.72. The number of hydrogen-bond acceptors (Lipinski definition) is 1. The van der Waals surface area contributed by atoms with Crippen molar-refractivity contribution in [2.45, 2.75) is 13.0 Å². The molecule has 0 saturated heterocycles. The minimum absolute atomic E-state index is 0.126. The van der Waals surface area contributed by atoms with Gasteiger partial charge in [0.15, 0.2) is 5.11 Å². The Morgan fingerprint density at radius 1 is 1.05 bits per heavy atom. The summed E-state index contributed by atoms with van der Waals surface area (Å²) in [5, 5.41) is 7.73. The van der Waals surface area contributed by atoms with Gasteiger partial charge in [0.25, 0.3) is 0 Å². The smallest absolute Gasteiger partial charge is 0.171 e. The number of para-hydroxylation sites is 1. The molecule has 2 aromatic rings. The maximum Gasteiger partial charge on any atom is 0.171 e. The van der Waals surface area contributed by atoms with E-state index in [2.05, 4.69) is 17.6 Å². The van der Waals surface area contributed by atoms with Crippen molar-refractivity contribution in [2.75, 3.05) is 5.32 Å². The van der Waals surface area contributed by atoms with Gasteiger partial charge in [0.05, 0.1) is 6.04 Å². The van der Waals surface area contributed by atoms with Gasteiger partial charge in [0.1, 0.15) is 0 Å². The lowest BCUT2D eigenvalue weighted by Crippen LogP contribution is -2.30. The molecule has 1 atom stereocenters. The Bertz CT molecular complexity index is 540. The van der Waals surface area contributed by atoms with Crippen LogP contribution in [-0.2, 0) is 0 Å². The SMILES string of the molecule is C[C@@H](NC(=S)Nc1ccccc1)c1ccc(Cl)cc1. The van der Waals surface area contributed by atoms with Crippen LogP contribution in [0.15, 0.2) is 54.6 Å². The van der Waals surface area contributed by atoms with E-state index in [-0.39, 0.29) is 6.04 Å². The van der Waals surface area contributed by atoms with Gasteiger partial charge in [-0.15, -0.1) is 0 Å².